The Labute approximate surface area is 129 Å². The summed E-state index contributed by atoms with van der Waals surface area (Å²) in [4.78, 5) is 0. The van der Waals surface area contributed by atoms with Crippen molar-refractivity contribution in [2.75, 3.05) is 13.2 Å². The Hall–Kier alpha value is -1.06. The second kappa shape index (κ2) is 9.80. The number of benzene rings is 1. The minimum atomic E-state index is -0.475. The standard InChI is InChI=1S/C18H31NO2/c1-5-16-7-6-8-18(11-16)21-13-17(20)12-19-15(4)10-9-14(2)3/h6-8,11,14-15,17,19-20H,5,9-10,12-13H2,1-4H3. The summed E-state index contributed by atoms with van der Waals surface area (Å²) in [6, 6.07) is 8.48. The maximum Gasteiger partial charge on any atom is 0.119 e. The molecule has 120 valence electrons. The molecule has 2 unspecified atom stereocenters. The van der Waals surface area contributed by atoms with Gasteiger partial charge in [-0.05, 0) is 49.8 Å². The summed E-state index contributed by atoms with van der Waals surface area (Å²) in [6.45, 7) is 9.67. The molecule has 0 amide bonds. The lowest BCUT2D eigenvalue weighted by molar-refractivity contribution is 0.103. The predicted octanol–water partition coefficient (Wildman–Crippen LogP) is 3.40. The lowest BCUT2D eigenvalue weighted by atomic mass is 10.0. The van der Waals surface area contributed by atoms with Crippen LogP contribution in [0.5, 0.6) is 5.75 Å². The van der Waals surface area contributed by atoms with E-state index in [0.29, 0.717) is 19.2 Å². The minimum Gasteiger partial charge on any atom is -0.491 e. The van der Waals surface area contributed by atoms with E-state index < -0.39 is 6.10 Å². The van der Waals surface area contributed by atoms with E-state index in [2.05, 4.69) is 39.1 Å². The molecule has 1 aromatic carbocycles. The van der Waals surface area contributed by atoms with Crippen LogP contribution in [0.15, 0.2) is 24.3 Å². The van der Waals surface area contributed by atoms with Crippen LogP contribution in [0.1, 0.15) is 46.1 Å². The molecular weight excluding hydrogens is 262 g/mol. The summed E-state index contributed by atoms with van der Waals surface area (Å²) in [5, 5.41) is 13.3. The third kappa shape index (κ3) is 8.08. The van der Waals surface area contributed by atoms with Gasteiger partial charge in [0.1, 0.15) is 18.5 Å². The minimum absolute atomic E-state index is 0.330. The number of nitrogens with one attached hydrogen (secondary N) is 1. The third-order valence-corrected chi connectivity index (χ3v) is 3.63. The topological polar surface area (TPSA) is 41.5 Å². The number of hydrogen-bond acceptors (Lipinski definition) is 3. The van der Waals surface area contributed by atoms with Crippen LogP contribution in [0.2, 0.25) is 0 Å². The van der Waals surface area contributed by atoms with Crippen molar-refractivity contribution in [1.29, 1.82) is 0 Å². The van der Waals surface area contributed by atoms with Crippen LogP contribution in [0, 0.1) is 5.92 Å². The highest BCUT2D eigenvalue weighted by Gasteiger charge is 2.09. The van der Waals surface area contributed by atoms with Gasteiger partial charge in [0.25, 0.3) is 0 Å². The highest BCUT2D eigenvalue weighted by atomic mass is 16.5. The van der Waals surface area contributed by atoms with Crippen molar-refractivity contribution >= 4 is 0 Å². The van der Waals surface area contributed by atoms with Gasteiger partial charge >= 0.3 is 0 Å². The van der Waals surface area contributed by atoms with E-state index in [1.807, 2.05) is 18.2 Å². The van der Waals surface area contributed by atoms with Crippen molar-refractivity contribution in [2.24, 2.45) is 5.92 Å². The van der Waals surface area contributed by atoms with E-state index in [9.17, 15) is 5.11 Å². The molecular formula is C18H31NO2. The van der Waals surface area contributed by atoms with Gasteiger partial charge in [-0.15, -0.1) is 0 Å². The molecule has 0 aliphatic carbocycles. The summed E-state index contributed by atoms with van der Waals surface area (Å²) in [5.74, 6) is 1.56. The summed E-state index contributed by atoms with van der Waals surface area (Å²) >= 11 is 0. The van der Waals surface area contributed by atoms with Crippen LogP contribution >= 0.6 is 0 Å². The maximum absolute atomic E-state index is 9.98. The van der Waals surface area contributed by atoms with Gasteiger partial charge in [-0.2, -0.15) is 0 Å². The molecule has 1 rings (SSSR count). The van der Waals surface area contributed by atoms with Crippen molar-refractivity contribution < 1.29 is 9.84 Å². The number of ether oxygens (including phenoxy) is 1. The molecule has 0 aromatic heterocycles. The molecule has 0 aliphatic heterocycles. The second-order valence-corrected chi connectivity index (χ2v) is 6.25. The quantitative estimate of drug-likeness (QED) is 0.694. The van der Waals surface area contributed by atoms with Gasteiger partial charge in [0.2, 0.25) is 0 Å². The van der Waals surface area contributed by atoms with Crippen LogP contribution in [0.3, 0.4) is 0 Å². The van der Waals surface area contributed by atoms with Gasteiger partial charge in [-0.3, -0.25) is 0 Å². The molecule has 2 N–H and O–H groups in total. The molecule has 0 radical (unpaired) electrons. The zero-order chi connectivity index (χ0) is 15.7. The third-order valence-electron chi connectivity index (χ3n) is 3.63. The molecule has 0 bridgehead atoms. The fraction of sp³-hybridized carbons (Fsp3) is 0.667. The molecule has 3 nitrogen and oxygen atoms in total. The van der Waals surface area contributed by atoms with Crippen molar-refractivity contribution in [1.82, 2.24) is 5.32 Å². The Bertz CT molecular complexity index is 393. The number of aliphatic hydroxyl groups is 1. The molecule has 0 saturated heterocycles. The van der Waals surface area contributed by atoms with Gasteiger partial charge in [0, 0.05) is 12.6 Å². The Morgan fingerprint density at radius 1 is 1.19 bits per heavy atom. The van der Waals surface area contributed by atoms with E-state index >= 15 is 0 Å². The smallest absolute Gasteiger partial charge is 0.119 e. The van der Waals surface area contributed by atoms with Crippen LogP contribution in [-0.2, 0) is 6.42 Å². The molecule has 0 spiro atoms. The lowest BCUT2D eigenvalue weighted by Gasteiger charge is -2.18. The summed E-state index contributed by atoms with van der Waals surface area (Å²) in [5.41, 5.74) is 1.25. The number of hydrogen-bond donors (Lipinski definition) is 2. The monoisotopic (exact) mass is 293 g/mol. The molecule has 0 saturated carbocycles. The first-order valence-corrected chi connectivity index (χ1v) is 8.14. The van der Waals surface area contributed by atoms with Gasteiger partial charge in [-0.1, -0.05) is 32.9 Å². The Kier molecular flexibility index (Phi) is 8.40. The molecule has 3 heteroatoms. The van der Waals surface area contributed by atoms with Crippen molar-refractivity contribution in [3.63, 3.8) is 0 Å². The number of aliphatic hydroxyl groups excluding tert-OH is 1. The molecule has 21 heavy (non-hydrogen) atoms. The number of rotatable bonds is 10. The first-order chi connectivity index (χ1) is 10.0. The Balaban J connectivity index is 2.22. The van der Waals surface area contributed by atoms with E-state index in [0.717, 1.165) is 24.5 Å². The molecule has 0 heterocycles. The first-order valence-electron chi connectivity index (χ1n) is 8.14. The molecule has 1 aromatic rings. The van der Waals surface area contributed by atoms with Gasteiger partial charge in [0.05, 0.1) is 0 Å². The first kappa shape index (κ1) is 18.0. The predicted molar refractivity (Wildman–Crippen MR) is 88.9 cm³/mol. The average molecular weight is 293 g/mol. The van der Waals surface area contributed by atoms with Crippen molar-refractivity contribution in [2.45, 2.75) is 59.1 Å². The largest absolute Gasteiger partial charge is 0.491 e. The van der Waals surface area contributed by atoms with Gasteiger partial charge < -0.3 is 15.2 Å². The second-order valence-electron chi connectivity index (χ2n) is 6.25. The van der Waals surface area contributed by atoms with E-state index in [1.165, 1.54) is 12.0 Å². The fourth-order valence-corrected chi connectivity index (χ4v) is 2.13. The lowest BCUT2D eigenvalue weighted by Crippen LogP contribution is -2.36. The van der Waals surface area contributed by atoms with Crippen molar-refractivity contribution in [3.05, 3.63) is 29.8 Å². The molecule has 0 aliphatic rings. The highest BCUT2D eigenvalue weighted by Crippen LogP contribution is 2.14. The Morgan fingerprint density at radius 2 is 1.95 bits per heavy atom. The maximum atomic E-state index is 9.98. The Morgan fingerprint density at radius 3 is 2.62 bits per heavy atom. The fourth-order valence-electron chi connectivity index (χ4n) is 2.13. The summed E-state index contributed by atoms with van der Waals surface area (Å²) < 4.78 is 5.65. The highest BCUT2D eigenvalue weighted by molar-refractivity contribution is 5.28. The summed E-state index contributed by atoms with van der Waals surface area (Å²) in [7, 11) is 0. The zero-order valence-electron chi connectivity index (χ0n) is 13.9. The zero-order valence-corrected chi connectivity index (χ0v) is 13.9. The van der Waals surface area contributed by atoms with E-state index in [4.69, 9.17) is 4.74 Å². The van der Waals surface area contributed by atoms with Crippen LogP contribution < -0.4 is 10.1 Å². The van der Waals surface area contributed by atoms with Gasteiger partial charge in [-0.25, -0.2) is 0 Å². The van der Waals surface area contributed by atoms with Crippen LogP contribution in [-0.4, -0.2) is 30.4 Å². The van der Waals surface area contributed by atoms with E-state index in [-0.39, 0.29) is 0 Å². The summed E-state index contributed by atoms with van der Waals surface area (Å²) in [6.07, 6.45) is 2.88. The molecule has 2 atom stereocenters. The van der Waals surface area contributed by atoms with E-state index in [1.54, 1.807) is 0 Å². The normalized spacial score (nSPS) is 14.2. The SMILES string of the molecule is CCc1cccc(OCC(O)CNC(C)CCC(C)C)c1. The van der Waals surface area contributed by atoms with Crippen LogP contribution in [0.4, 0.5) is 0 Å². The van der Waals surface area contributed by atoms with Gasteiger partial charge in [0.15, 0.2) is 0 Å². The van der Waals surface area contributed by atoms with Crippen LogP contribution in [0.25, 0.3) is 0 Å². The molecule has 0 fully saturated rings. The average Bonchev–Trinajstić information content (AvgIpc) is 2.49. The van der Waals surface area contributed by atoms with Crippen molar-refractivity contribution in [3.8, 4) is 5.75 Å². The number of aryl methyl sites for hydroxylation is 1.